The third-order valence-corrected chi connectivity index (χ3v) is 3.44. The normalized spacial score (nSPS) is 15.1. The summed E-state index contributed by atoms with van der Waals surface area (Å²) >= 11 is 0. The Kier molecular flexibility index (Phi) is 4.67. The first-order valence-corrected chi connectivity index (χ1v) is 9.56. The van der Waals surface area contributed by atoms with Gasteiger partial charge in [-0.25, -0.2) is 4.79 Å². The SMILES string of the molecule is C[Si](C)(C)OC(=O)C(F)(F)C(F)(F)C(F)(F)S(=O)(=O)O. The highest BCUT2D eigenvalue weighted by molar-refractivity contribution is 7.87. The molecule has 13 heteroatoms. The molecule has 0 heterocycles. The summed E-state index contributed by atoms with van der Waals surface area (Å²) in [7, 11) is -10.0. The fourth-order valence-corrected chi connectivity index (χ4v) is 1.95. The van der Waals surface area contributed by atoms with Gasteiger partial charge >= 0.3 is 33.2 Å². The van der Waals surface area contributed by atoms with Crippen molar-refractivity contribution < 1.29 is 48.5 Å². The van der Waals surface area contributed by atoms with Gasteiger partial charge in [0.05, 0.1) is 0 Å². The largest absolute Gasteiger partial charge is 0.515 e. The zero-order valence-electron chi connectivity index (χ0n) is 10.3. The lowest BCUT2D eigenvalue weighted by molar-refractivity contribution is -0.276. The fraction of sp³-hybridized carbons (Fsp3) is 0.857. The van der Waals surface area contributed by atoms with Crippen LogP contribution in [0, 0.1) is 0 Å². The molecule has 0 rings (SSSR count). The maximum absolute atomic E-state index is 13.1. The molecule has 0 atom stereocenters. The van der Waals surface area contributed by atoms with E-state index in [1.807, 2.05) is 0 Å². The van der Waals surface area contributed by atoms with E-state index in [1.54, 1.807) is 0 Å². The Labute approximate surface area is 110 Å². The van der Waals surface area contributed by atoms with Crippen LogP contribution in [0.15, 0.2) is 0 Å². The highest BCUT2D eigenvalue weighted by Crippen LogP contribution is 2.48. The summed E-state index contributed by atoms with van der Waals surface area (Å²) in [5, 5.41) is -6.57. The van der Waals surface area contributed by atoms with Gasteiger partial charge in [-0.3, -0.25) is 4.55 Å². The second-order valence-corrected chi connectivity index (χ2v) is 10.5. The van der Waals surface area contributed by atoms with E-state index in [4.69, 9.17) is 4.55 Å². The van der Waals surface area contributed by atoms with E-state index in [0.29, 0.717) is 0 Å². The minimum atomic E-state index is -6.88. The van der Waals surface area contributed by atoms with Crippen LogP contribution < -0.4 is 0 Å². The van der Waals surface area contributed by atoms with E-state index in [2.05, 4.69) is 4.43 Å². The molecule has 0 aliphatic carbocycles. The number of hydrogen-bond donors (Lipinski definition) is 1. The van der Waals surface area contributed by atoms with Crippen LogP contribution >= 0.6 is 0 Å². The number of halogens is 6. The summed E-state index contributed by atoms with van der Waals surface area (Å²) in [6, 6.07) is 0. The van der Waals surface area contributed by atoms with Gasteiger partial charge in [0.25, 0.3) is 0 Å². The van der Waals surface area contributed by atoms with Gasteiger partial charge in [-0.05, 0) is 19.6 Å². The Hall–Kier alpha value is -0.823. The molecule has 0 spiro atoms. The van der Waals surface area contributed by atoms with E-state index >= 15 is 0 Å². The van der Waals surface area contributed by atoms with E-state index in [1.165, 1.54) is 0 Å². The highest BCUT2D eigenvalue weighted by Gasteiger charge is 2.80. The van der Waals surface area contributed by atoms with Crippen LogP contribution in [0.4, 0.5) is 26.3 Å². The lowest BCUT2D eigenvalue weighted by Crippen LogP contribution is -2.61. The molecule has 0 aromatic heterocycles. The van der Waals surface area contributed by atoms with Crippen LogP contribution in [0.25, 0.3) is 0 Å². The second-order valence-electron chi connectivity index (χ2n) is 4.64. The van der Waals surface area contributed by atoms with Crippen molar-refractivity contribution in [2.75, 3.05) is 0 Å². The van der Waals surface area contributed by atoms with Gasteiger partial charge in [0.2, 0.25) is 8.32 Å². The molecular formula is C7H10F6O5SSi. The maximum atomic E-state index is 13.1. The van der Waals surface area contributed by atoms with Gasteiger partial charge < -0.3 is 4.43 Å². The number of rotatable bonds is 5. The Morgan fingerprint density at radius 3 is 1.65 bits per heavy atom. The number of hydrogen-bond acceptors (Lipinski definition) is 4. The first-order valence-electron chi connectivity index (χ1n) is 4.72. The lowest BCUT2D eigenvalue weighted by atomic mass is 10.2. The lowest BCUT2D eigenvalue weighted by Gasteiger charge is -2.31. The minimum Gasteiger partial charge on any atom is -0.515 e. The molecular weight excluding hydrogens is 338 g/mol. The van der Waals surface area contributed by atoms with Gasteiger partial charge in [0, 0.05) is 0 Å². The monoisotopic (exact) mass is 348 g/mol. The molecule has 0 saturated heterocycles. The molecule has 0 aliphatic heterocycles. The summed E-state index contributed by atoms with van der Waals surface area (Å²) in [5.74, 6) is -15.8. The standard InChI is InChI=1S/C7H10F6O5SSi/c1-20(2,3)18-4(14)5(8,9)6(10,11)7(12,13)19(15,16)17/h1-3H3,(H,15,16,17). The summed E-state index contributed by atoms with van der Waals surface area (Å²) in [5.41, 5.74) is 0. The average Bonchev–Trinajstić information content (AvgIpc) is 2.12. The number of carbonyl (C=O) groups excluding carboxylic acids is 1. The Morgan fingerprint density at radius 1 is 1.05 bits per heavy atom. The van der Waals surface area contributed by atoms with Crippen LogP contribution in [0.3, 0.4) is 0 Å². The van der Waals surface area contributed by atoms with Crippen molar-refractivity contribution in [3.05, 3.63) is 0 Å². The van der Waals surface area contributed by atoms with Crippen LogP contribution in [-0.2, 0) is 19.3 Å². The van der Waals surface area contributed by atoms with Crippen molar-refractivity contribution in [3.8, 4) is 0 Å². The van der Waals surface area contributed by atoms with Gasteiger partial charge in [-0.1, -0.05) is 0 Å². The van der Waals surface area contributed by atoms with Crippen molar-refractivity contribution in [1.29, 1.82) is 0 Å². The van der Waals surface area contributed by atoms with Gasteiger partial charge in [0.15, 0.2) is 0 Å². The van der Waals surface area contributed by atoms with Crippen LogP contribution in [0.1, 0.15) is 0 Å². The number of alkyl halides is 6. The van der Waals surface area contributed by atoms with Crippen molar-refractivity contribution in [1.82, 2.24) is 0 Å². The Morgan fingerprint density at radius 2 is 1.40 bits per heavy atom. The molecule has 0 radical (unpaired) electrons. The smallest absolute Gasteiger partial charge is 0.438 e. The molecule has 0 bridgehead atoms. The molecule has 0 unspecified atom stereocenters. The molecule has 0 aromatic rings. The summed E-state index contributed by atoms with van der Waals surface area (Å²) in [6.07, 6.45) is 0. The van der Waals surface area contributed by atoms with Crippen molar-refractivity contribution in [2.24, 2.45) is 0 Å². The molecule has 0 amide bonds. The fourth-order valence-electron chi connectivity index (χ4n) is 0.815. The maximum Gasteiger partial charge on any atom is 0.438 e. The zero-order valence-corrected chi connectivity index (χ0v) is 12.1. The summed E-state index contributed by atoms with van der Waals surface area (Å²) in [4.78, 5) is 10.9. The molecule has 0 fully saturated rings. The molecule has 0 saturated carbocycles. The predicted molar refractivity (Wildman–Crippen MR) is 55.8 cm³/mol. The molecule has 20 heavy (non-hydrogen) atoms. The van der Waals surface area contributed by atoms with Gasteiger partial charge in [0.1, 0.15) is 0 Å². The highest BCUT2D eigenvalue weighted by atomic mass is 32.2. The van der Waals surface area contributed by atoms with E-state index < -0.39 is 41.5 Å². The minimum absolute atomic E-state index is 1.13. The number of carbonyl (C=O) groups is 1. The molecule has 5 nitrogen and oxygen atoms in total. The zero-order chi connectivity index (χ0) is 16.8. The van der Waals surface area contributed by atoms with Gasteiger partial charge in [-0.2, -0.15) is 34.8 Å². The predicted octanol–water partition coefficient (Wildman–Crippen LogP) is 2.12. The average molecular weight is 348 g/mol. The Balaban J connectivity index is 5.76. The van der Waals surface area contributed by atoms with Crippen molar-refractivity contribution >= 4 is 24.4 Å². The van der Waals surface area contributed by atoms with Crippen LogP contribution in [0.5, 0.6) is 0 Å². The first-order chi connectivity index (χ1) is 8.38. The first kappa shape index (κ1) is 19.2. The summed E-state index contributed by atoms with van der Waals surface area (Å²) in [6.45, 7) is 3.38. The van der Waals surface area contributed by atoms with Crippen molar-refractivity contribution in [3.63, 3.8) is 0 Å². The molecule has 120 valence electrons. The van der Waals surface area contributed by atoms with E-state index in [0.717, 1.165) is 19.6 Å². The van der Waals surface area contributed by atoms with E-state index in [-0.39, 0.29) is 0 Å². The third-order valence-electron chi connectivity index (χ3n) is 1.74. The van der Waals surface area contributed by atoms with Gasteiger partial charge in [-0.15, -0.1) is 0 Å². The summed E-state index contributed by atoms with van der Waals surface area (Å²) < 4.78 is 110. The third kappa shape index (κ3) is 3.25. The second kappa shape index (κ2) is 4.87. The quantitative estimate of drug-likeness (QED) is 0.468. The van der Waals surface area contributed by atoms with Crippen LogP contribution in [0.2, 0.25) is 19.6 Å². The molecule has 0 aromatic carbocycles. The molecule has 0 aliphatic rings. The van der Waals surface area contributed by atoms with Crippen LogP contribution in [-0.4, -0.2) is 44.4 Å². The van der Waals surface area contributed by atoms with Crippen molar-refractivity contribution in [2.45, 2.75) is 36.7 Å². The van der Waals surface area contributed by atoms with E-state index in [9.17, 15) is 39.6 Å². The Bertz CT molecular complexity index is 496. The molecule has 1 N–H and O–H groups in total. The topological polar surface area (TPSA) is 80.7 Å².